The second kappa shape index (κ2) is 5.06. The molecule has 0 saturated carbocycles. The molecule has 0 radical (unpaired) electrons. The van der Waals surface area contributed by atoms with Gasteiger partial charge >= 0.3 is 7.69 Å². The van der Waals surface area contributed by atoms with Gasteiger partial charge in [0.15, 0.2) is 0 Å². The molecule has 2 nitrogen and oxygen atoms in total. The molecular weight excluding hydrogens is 175 g/mol. The van der Waals surface area contributed by atoms with Gasteiger partial charge in [-0.05, 0) is 36.5 Å². The summed E-state index contributed by atoms with van der Waals surface area (Å²) in [5.41, 5.74) is 2.33. The molecule has 0 spiro atoms. The first kappa shape index (κ1) is 11.1. The molecule has 0 aliphatic rings. The Hall–Kier alpha value is -0.955. The maximum atomic E-state index is 8.71. The van der Waals surface area contributed by atoms with Crippen molar-refractivity contribution in [1.29, 1.82) is 0 Å². The Labute approximate surface area is 86.2 Å². The van der Waals surface area contributed by atoms with Crippen molar-refractivity contribution in [3.05, 3.63) is 29.3 Å². The van der Waals surface area contributed by atoms with E-state index in [1.54, 1.807) is 0 Å². The molecule has 0 heterocycles. The van der Waals surface area contributed by atoms with E-state index in [0.29, 0.717) is 5.92 Å². The third-order valence-corrected chi connectivity index (χ3v) is 2.61. The Bertz CT molecular complexity index is 299. The van der Waals surface area contributed by atoms with Crippen LogP contribution in [0.1, 0.15) is 37.3 Å². The van der Waals surface area contributed by atoms with Crippen LogP contribution in [0.2, 0.25) is 0 Å². The van der Waals surface area contributed by atoms with E-state index in [0.717, 1.165) is 17.7 Å². The highest BCUT2D eigenvalue weighted by Crippen LogP contribution is 2.25. The minimum atomic E-state index is -0.259. The lowest BCUT2D eigenvalue weighted by molar-refractivity contribution is 0.451. The first-order chi connectivity index (χ1) is 6.69. The van der Waals surface area contributed by atoms with Crippen LogP contribution in [0, 0.1) is 6.92 Å². The van der Waals surface area contributed by atoms with Crippen molar-refractivity contribution in [1.82, 2.24) is 0 Å². The molecule has 0 bridgehead atoms. The number of hydrogen-bond acceptors (Lipinski definition) is 2. The zero-order valence-corrected chi connectivity index (χ0v) is 9.08. The van der Waals surface area contributed by atoms with Crippen LogP contribution >= 0.6 is 0 Å². The van der Waals surface area contributed by atoms with E-state index < -0.39 is 0 Å². The predicted octanol–water partition coefficient (Wildman–Crippen LogP) is 2.15. The highest BCUT2D eigenvalue weighted by molar-refractivity contribution is 6.17. The highest BCUT2D eigenvalue weighted by Gasteiger charge is 2.06. The van der Waals surface area contributed by atoms with Crippen LogP contribution in [0.3, 0.4) is 0 Å². The maximum Gasteiger partial charge on any atom is 0.504 e. The van der Waals surface area contributed by atoms with E-state index in [-0.39, 0.29) is 7.69 Å². The van der Waals surface area contributed by atoms with Gasteiger partial charge in [-0.2, -0.15) is 0 Å². The molecule has 1 rings (SSSR count). The lowest BCUT2D eigenvalue weighted by Gasteiger charge is -2.12. The Kier molecular flexibility index (Phi) is 4.02. The molecule has 0 fully saturated rings. The van der Waals surface area contributed by atoms with Crippen LogP contribution in [-0.2, 0) is 0 Å². The van der Waals surface area contributed by atoms with Gasteiger partial charge in [0.25, 0.3) is 0 Å². The standard InChI is InChI=1S/C11H17BO2/c1-4-8(2)10-6-5-9(3)11(7-10)14-12-13/h5-8,12-13H,4H2,1-3H3. The molecule has 3 heteroatoms. The second-order valence-corrected chi connectivity index (χ2v) is 3.61. The lowest BCUT2D eigenvalue weighted by Crippen LogP contribution is -2.02. The molecule has 1 N–H and O–H groups in total. The van der Waals surface area contributed by atoms with Gasteiger partial charge in [0.2, 0.25) is 0 Å². The van der Waals surface area contributed by atoms with Crippen LogP contribution in [0.15, 0.2) is 18.2 Å². The van der Waals surface area contributed by atoms with E-state index in [9.17, 15) is 0 Å². The van der Waals surface area contributed by atoms with Crippen LogP contribution < -0.4 is 4.65 Å². The molecule has 0 aromatic heterocycles. The zero-order chi connectivity index (χ0) is 10.6. The summed E-state index contributed by atoms with van der Waals surface area (Å²) in [6, 6.07) is 6.17. The van der Waals surface area contributed by atoms with E-state index >= 15 is 0 Å². The predicted molar refractivity (Wildman–Crippen MR) is 59.9 cm³/mol. The Balaban J connectivity index is 2.93. The molecule has 1 unspecified atom stereocenters. The van der Waals surface area contributed by atoms with Crippen LogP contribution in [0.5, 0.6) is 5.75 Å². The maximum absolute atomic E-state index is 8.71. The van der Waals surface area contributed by atoms with E-state index in [1.165, 1.54) is 5.56 Å². The minimum absolute atomic E-state index is 0.259. The van der Waals surface area contributed by atoms with Gasteiger partial charge in [-0.1, -0.05) is 26.0 Å². The average molecular weight is 192 g/mol. The second-order valence-electron chi connectivity index (χ2n) is 3.61. The molecule has 1 aromatic carbocycles. The summed E-state index contributed by atoms with van der Waals surface area (Å²) in [6.45, 7) is 6.33. The van der Waals surface area contributed by atoms with Crippen LogP contribution in [0.4, 0.5) is 0 Å². The minimum Gasteiger partial charge on any atom is -0.539 e. The fraction of sp³-hybridized carbons (Fsp3) is 0.455. The summed E-state index contributed by atoms with van der Waals surface area (Å²) in [5, 5.41) is 8.71. The molecule has 0 aliphatic heterocycles. The highest BCUT2D eigenvalue weighted by atomic mass is 16.5. The smallest absolute Gasteiger partial charge is 0.504 e. The quantitative estimate of drug-likeness (QED) is 0.740. The van der Waals surface area contributed by atoms with Gasteiger partial charge in [0, 0.05) is 0 Å². The topological polar surface area (TPSA) is 29.5 Å². The lowest BCUT2D eigenvalue weighted by atomic mass is 9.97. The Morgan fingerprint density at radius 1 is 1.50 bits per heavy atom. The van der Waals surface area contributed by atoms with E-state index in [4.69, 9.17) is 9.68 Å². The monoisotopic (exact) mass is 192 g/mol. The van der Waals surface area contributed by atoms with Gasteiger partial charge in [-0.3, -0.25) is 0 Å². The van der Waals surface area contributed by atoms with E-state index in [1.807, 2.05) is 19.1 Å². The first-order valence-electron chi connectivity index (χ1n) is 5.03. The molecular formula is C11H17BO2. The number of hydrogen-bond donors (Lipinski definition) is 1. The van der Waals surface area contributed by atoms with Crippen molar-refractivity contribution >= 4 is 7.69 Å². The Morgan fingerprint density at radius 3 is 2.79 bits per heavy atom. The zero-order valence-electron chi connectivity index (χ0n) is 9.08. The summed E-state index contributed by atoms with van der Waals surface area (Å²) in [7, 11) is -0.259. The van der Waals surface area contributed by atoms with Crippen molar-refractivity contribution < 1.29 is 9.68 Å². The number of rotatable bonds is 4. The molecule has 0 aliphatic carbocycles. The van der Waals surface area contributed by atoms with Gasteiger partial charge in [0.1, 0.15) is 5.75 Å². The van der Waals surface area contributed by atoms with Crippen molar-refractivity contribution in [3.8, 4) is 5.75 Å². The summed E-state index contributed by atoms with van der Waals surface area (Å²) in [4.78, 5) is 0. The fourth-order valence-electron chi connectivity index (χ4n) is 1.38. The molecule has 0 amide bonds. The van der Waals surface area contributed by atoms with Crippen molar-refractivity contribution in [2.24, 2.45) is 0 Å². The molecule has 14 heavy (non-hydrogen) atoms. The SMILES string of the molecule is CCC(C)c1ccc(C)c(OBO)c1. The van der Waals surface area contributed by atoms with Crippen molar-refractivity contribution in [3.63, 3.8) is 0 Å². The average Bonchev–Trinajstić information content (AvgIpc) is 2.20. The van der Waals surface area contributed by atoms with Gasteiger partial charge in [0.05, 0.1) is 0 Å². The molecule has 1 aromatic rings. The van der Waals surface area contributed by atoms with Crippen molar-refractivity contribution in [2.75, 3.05) is 0 Å². The largest absolute Gasteiger partial charge is 0.539 e. The fourth-order valence-corrected chi connectivity index (χ4v) is 1.38. The molecule has 76 valence electrons. The first-order valence-corrected chi connectivity index (χ1v) is 5.03. The van der Waals surface area contributed by atoms with Gasteiger partial charge < -0.3 is 9.68 Å². The normalized spacial score (nSPS) is 12.3. The number of aryl methyl sites for hydroxylation is 1. The van der Waals surface area contributed by atoms with Crippen LogP contribution in [0.25, 0.3) is 0 Å². The van der Waals surface area contributed by atoms with Crippen LogP contribution in [-0.4, -0.2) is 12.7 Å². The van der Waals surface area contributed by atoms with Crippen molar-refractivity contribution in [2.45, 2.75) is 33.1 Å². The number of benzene rings is 1. The summed E-state index contributed by atoms with van der Waals surface area (Å²) in [5.74, 6) is 1.32. The third-order valence-electron chi connectivity index (χ3n) is 2.61. The van der Waals surface area contributed by atoms with E-state index in [2.05, 4.69) is 19.9 Å². The van der Waals surface area contributed by atoms with Gasteiger partial charge in [-0.15, -0.1) is 0 Å². The van der Waals surface area contributed by atoms with Gasteiger partial charge in [-0.25, -0.2) is 0 Å². The Morgan fingerprint density at radius 2 is 2.21 bits per heavy atom. The molecule has 0 saturated heterocycles. The molecule has 1 atom stereocenters. The summed E-state index contributed by atoms with van der Waals surface area (Å²) >= 11 is 0. The summed E-state index contributed by atoms with van der Waals surface area (Å²) < 4.78 is 5.13. The third kappa shape index (κ3) is 2.52. The summed E-state index contributed by atoms with van der Waals surface area (Å²) in [6.07, 6.45) is 1.11.